The third-order valence-electron chi connectivity index (χ3n) is 4.67. The number of aryl methyl sites for hydroxylation is 1. The highest BCUT2D eigenvalue weighted by Gasteiger charge is 2.23. The number of benzene rings is 2. The number of amides is 1. The molecule has 9 heteroatoms. The number of carbonyl (C=O) groups excluding carboxylic acids is 1. The summed E-state index contributed by atoms with van der Waals surface area (Å²) in [6, 6.07) is 13.0. The number of oxazole rings is 1. The van der Waals surface area contributed by atoms with E-state index in [9.17, 15) is 24.8 Å². The van der Waals surface area contributed by atoms with Crippen LogP contribution in [0.4, 0.5) is 5.69 Å². The lowest BCUT2D eigenvalue weighted by molar-refractivity contribution is -0.384. The summed E-state index contributed by atoms with van der Waals surface area (Å²) in [6.45, 7) is 1.92. The molecule has 0 radical (unpaired) electrons. The number of hydrogen-bond donors (Lipinski definition) is 2. The summed E-state index contributed by atoms with van der Waals surface area (Å²) in [7, 11) is 0. The molecule has 3 aromatic rings. The van der Waals surface area contributed by atoms with Crippen LogP contribution in [0.2, 0.25) is 0 Å². The summed E-state index contributed by atoms with van der Waals surface area (Å²) in [5.74, 6) is -0.884. The van der Waals surface area contributed by atoms with Gasteiger partial charge in [-0.1, -0.05) is 30.3 Å². The smallest absolute Gasteiger partial charge is 0.407 e. The predicted molar refractivity (Wildman–Crippen MR) is 105 cm³/mol. The predicted octanol–water partition coefficient (Wildman–Crippen LogP) is 2.31. The molecular formula is C20H21N3O6. The van der Waals surface area contributed by atoms with Gasteiger partial charge in [0.25, 0.3) is 5.69 Å². The average molecular weight is 399 g/mol. The Bertz CT molecular complexity index is 1080. The van der Waals surface area contributed by atoms with Gasteiger partial charge in [-0.05, 0) is 25.0 Å². The van der Waals surface area contributed by atoms with Crippen molar-refractivity contribution in [3.63, 3.8) is 0 Å². The second-order valence-corrected chi connectivity index (χ2v) is 6.95. The van der Waals surface area contributed by atoms with Gasteiger partial charge in [-0.15, -0.1) is 0 Å². The zero-order valence-corrected chi connectivity index (χ0v) is 15.8. The maximum Gasteiger partial charge on any atom is 0.419 e. The first-order valence-corrected chi connectivity index (χ1v) is 9.10. The number of fused-ring (bicyclic) bond motifs is 1. The molecule has 0 spiro atoms. The quantitative estimate of drug-likeness (QED) is 0.442. The van der Waals surface area contributed by atoms with E-state index >= 15 is 0 Å². The van der Waals surface area contributed by atoms with Crippen molar-refractivity contribution in [2.24, 2.45) is 0 Å². The number of nitrogens with zero attached hydrogens (tertiary/aromatic N) is 2. The lowest BCUT2D eigenvalue weighted by Crippen LogP contribution is -2.38. The Labute approximate surface area is 165 Å². The average Bonchev–Trinajstić information content (AvgIpc) is 3.01. The normalized spacial score (nSPS) is 13.2. The van der Waals surface area contributed by atoms with Gasteiger partial charge >= 0.3 is 5.76 Å². The standard InChI is InChI=1S/C20H21N3O6/c1-20(26,14-6-3-2-4-7-14)13-21-18(24)8-5-11-22-16-10-9-15(23(27)28)12-17(16)29-19(22)25/h2-4,6-7,9-10,12,26H,5,8,11,13H2,1H3,(H,21,24). The van der Waals surface area contributed by atoms with Crippen LogP contribution in [0.25, 0.3) is 11.1 Å². The number of aromatic nitrogens is 1. The highest BCUT2D eigenvalue weighted by molar-refractivity contribution is 5.76. The largest absolute Gasteiger partial charge is 0.419 e. The lowest BCUT2D eigenvalue weighted by atomic mass is 9.96. The molecule has 0 aliphatic heterocycles. The van der Waals surface area contributed by atoms with Gasteiger partial charge in [-0.2, -0.15) is 0 Å². The molecule has 29 heavy (non-hydrogen) atoms. The Kier molecular flexibility index (Phi) is 5.79. The van der Waals surface area contributed by atoms with Crippen molar-refractivity contribution in [1.82, 2.24) is 9.88 Å². The molecule has 1 unspecified atom stereocenters. The Morgan fingerprint density at radius 2 is 2.00 bits per heavy atom. The molecule has 3 rings (SSSR count). The molecule has 0 aliphatic carbocycles. The van der Waals surface area contributed by atoms with E-state index in [4.69, 9.17) is 4.42 Å². The fourth-order valence-corrected chi connectivity index (χ4v) is 3.04. The van der Waals surface area contributed by atoms with Crippen LogP contribution in [-0.2, 0) is 16.9 Å². The number of hydrogen-bond acceptors (Lipinski definition) is 6. The van der Waals surface area contributed by atoms with Gasteiger partial charge in [0.2, 0.25) is 5.91 Å². The van der Waals surface area contributed by atoms with Gasteiger partial charge in [-0.3, -0.25) is 19.5 Å². The van der Waals surface area contributed by atoms with E-state index in [2.05, 4.69) is 5.32 Å². The number of aliphatic hydroxyl groups is 1. The van der Waals surface area contributed by atoms with Gasteiger partial charge in [0.15, 0.2) is 5.58 Å². The molecule has 152 valence electrons. The molecular weight excluding hydrogens is 378 g/mol. The highest BCUT2D eigenvalue weighted by Crippen LogP contribution is 2.21. The van der Waals surface area contributed by atoms with Crippen molar-refractivity contribution in [2.45, 2.75) is 31.9 Å². The van der Waals surface area contributed by atoms with Gasteiger partial charge in [0.1, 0.15) is 5.60 Å². The van der Waals surface area contributed by atoms with Crippen LogP contribution >= 0.6 is 0 Å². The molecule has 9 nitrogen and oxygen atoms in total. The molecule has 1 atom stereocenters. The van der Waals surface area contributed by atoms with E-state index in [-0.39, 0.29) is 36.7 Å². The van der Waals surface area contributed by atoms with Crippen molar-refractivity contribution in [3.8, 4) is 0 Å². The maximum atomic E-state index is 12.1. The first kappa shape index (κ1) is 20.3. The van der Waals surface area contributed by atoms with Gasteiger partial charge in [0, 0.05) is 19.0 Å². The van der Waals surface area contributed by atoms with Crippen LogP contribution in [0.3, 0.4) is 0 Å². The first-order valence-electron chi connectivity index (χ1n) is 9.10. The van der Waals surface area contributed by atoms with Gasteiger partial charge in [-0.25, -0.2) is 4.79 Å². The Balaban J connectivity index is 1.56. The summed E-state index contributed by atoms with van der Waals surface area (Å²) in [5.41, 5.74) is -0.0850. The molecule has 2 N–H and O–H groups in total. The molecule has 0 fully saturated rings. The van der Waals surface area contributed by atoms with Crippen LogP contribution in [0.5, 0.6) is 0 Å². The molecule has 1 aromatic heterocycles. The van der Waals surface area contributed by atoms with Crippen LogP contribution in [0.1, 0.15) is 25.3 Å². The SMILES string of the molecule is CC(O)(CNC(=O)CCCn1c(=O)oc2cc([N+](=O)[O-])ccc21)c1ccccc1. The number of nitro benzene ring substituents is 1. The Hall–Kier alpha value is -3.46. The number of carbonyl (C=O) groups is 1. The van der Waals surface area contributed by atoms with Gasteiger partial charge < -0.3 is 14.8 Å². The van der Waals surface area contributed by atoms with Crippen molar-refractivity contribution >= 4 is 22.7 Å². The van der Waals surface area contributed by atoms with E-state index < -0.39 is 16.3 Å². The molecule has 0 saturated carbocycles. The highest BCUT2D eigenvalue weighted by atomic mass is 16.6. The van der Waals surface area contributed by atoms with E-state index in [1.165, 1.54) is 22.8 Å². The number of rotatable bonds is 8. The van der Waals surface area contributed by atoms with Crippen LogP contribution in [0.15, 0.2) is 57.7 Å². The molecule has 0 saturated heterocycles. The van der Waals surface area contributed by atoms with Crippen molar-refractivity contribution in [2.75, 3.05) is 6.54 Å². The minimum Gasteiger partial charge on any atom is -0.407 e. The van der Waals surface area contributed by atoms with Crippen molar-refractivity contribution < 1.29 is 19.2 Å². The van der Waals surface area contributed by atoms with Crippen molar-refractivity contribution in [1.29, 1.82) is 0 Å². The topological polar surface area (TPSA) is 128 Å². The molecule has 1 amide bonds. The summed E-state index contributed by atoms with van der Waals surface area (Å²) >= 11 is 0. The van der Waals surface area contributed by atoms with Crippen molar-refractivity contribution in [3.05, 3.63) is 74.8 Å². The first-order chi connectivity index (χ1) is 13.8. The Morgan fingerprint density at radius 1 is 1.28 bits per heavy atom. The lowest BCUT2D eigenvalue weighted by Gasteiger charge is -2.24. The molecule has 2 aromatic carbocycles. The number of nitro groups is 1. The molecule has 1 heterocycles. The zero-order valence-electron chi connectivity index (χ0n) is 15.8. The van der Waals surface area contributed by atoms with Crippen LogP contribution < -0.4 is 11.1 Å². The van der Waals surface area contributed by atoms with E-state index in [1.54, 1.807) is 19.1 Å². The van der Waals surface area contributed by atoms with E-state index in [0.717, 1.165) is 0 Å². The summed E-state index contributed by atoms with van der Waals surface area (Å²) < 4.78 is 6.40. The minimum absolute atomic E-state index is 0.0636. The van der Waals surface area contributed by atoms with Gasteiger partial charge in [0.05, 0.1) is 23.1 Å². The zero-order chi connectivity index (χ0) is 21.0. The fourth-order valence-electron chi connectivity index (χ4n) is 3.04. The number of nitrogens with one attached hydrogen (secondary N) is 1. The Morgan fingerprint density at radius 3 is 2.69 bits per heavy atom. The number of non-ortho nitro benzene ring substituents is 1. The van der Waals surface area contributed by atoms with Crippen LogP contribution in [0, 0.1) is 10.1 Å². The monoisotopic (exact) mass is 399 g/mol. The summed E-state index contributed by atoms with van der Waals surface area (Å²) in [5, 5.41) is 24.0. The molecule has 0 bridgehead atoms. The van der Waals surface area contributed by atoms with E-state index in [0.29, 0.717) is 17.5 Å². The third kappa shape index (κ3) is 4.69. The summed E-state index contributed by atoms with van der Waals surface area (Å²) in [4.78, 5) is 34.4. The summed E-state index contributed by atoms with van der Waals surface area (Å²) in [6.07, 6.45) is 0.516. The maximum absolute atomic E-state index is 12.1. The minimum atomic E-state index is -1.19. The second kappa shape index (κ2) is 8.27. The second-order valence-electron chi connectivity index (χ2n) is 6.95. The van der Waals surface area contributed by atoms with Crippen LogP contribution in [-0.4, -0.2) is 27.0 Å². The third-order valence-corrected chi connectivity index (χ3v) is 4.67. The molecule has 0 aliphatic rings. The fraction of sp³-hybridized carbons (Fsp3) is 0.300. The van der Waals surface area contributed by atoms with E-state index in [1.807, 2.05) is 18.2 Å².